The van der Waals surface area contributed by atoms with Gasteiger partial charge in [0, 0.05) is 53.1 Å². The molecule has 0 atom stereocenters. The molecule has 2 aromatic heterocycles. The number of imidazole rings is 1. The fraction of sp³-hybridized carbons (Fsp3) is 0.288. The molecule has 0 aliphatic rings. The predicted molar refractivity (Wildman–Crippen MR) is 267 cm³/mol. The van der Waals surface area contributed by atoms with Crippen LogP contribution in [-0.4, -0.2) is 19.6 Å². The summed E-state index contributed by atoms with van der Waals surface area (Å²) < 4.78 is 218. The first-order chi connectivity index (χ1) is 40.0. The molecule has 0 bridgehead atoms. The number of hydrogen-bond donors (Lipinski definition) is 1. The fourth-order valence-corrected chi connectivity index (χ4v) is 7.65. The Bertz CT molecular complexity index is 3980. The summed E-state index contributed by atoms with van der Waals surface area (Å²) in [4.78, 5) is 9.68. The first kappa shape index (κ1) is 22.4. The number of rotatable bonds is 6. The second-order valence-corrected chi connectivity index (χ2v) is 18.0. The van der Waals surface area contributed by atoms with Gasteiger partial charge in [0.1, 0.15) is 11.6 Å². The zero-order valence-corrected chi connectivity index (χ0v) is 36.0. The third-order valence-corrected chi connectivity index (χ3v) is 11.0. The molecule has 1 N–H and O–H groups in total. The SMILES string of the molecule is [2H]c1nc(-c2cc(-c3cccc4c3nc(-c3cc(C)cc(C(C)(C)C)c3O)n4-c3ccc(C(C([2H])([2H])[2H])(C([2H])([2H])[2H])C([2H])([2H])[2H])cc3-c3ccccc3)cc(C(C)(C)C)c2)c([2H])c(-c2c([2H])c([2H])c(C(C([2H])([2H])[2H])(C([2H])([2H])[2H])C([2H])([2H])[2H])c([2H])c2[2H])c1[2H]. The maximum absolute atomic E-state index is 12.5. The zero-order chi connectivity index (χ0) is 66.3. The number of benzene rings is 6. The van der Waals surface area contributed by atoms with Crippen molar-refractivity contribution >= 4 is 11.0 Å². The van der Waals surface area contributed by atoms with Gasteiger partial charge in [0.15, 0.2) is 0 Å². The van der Waals surface area contributed by atoms with Crippen LogP contribution in [0, 0.1) is 6.92 Å². The number of pyridine rings is 1. The Morgan fingerprint density at radius 1 is 0.556 bits per heavy atom. The predicted octanol–water partition coefficient (Wildman–Crippen LogP) is 16.0. The van der Waals surface area contributed by atoms with Crippen LogP contribution in [0.5, 0.6) is 5.75 Å². The number of aromatic hydroxyl groups is 1. The normalized spacial score (nSPS) is 19.6. The molecule has 4 heteroatoms. The quantitative estimate of drug-likeness (QED) is 0.181. The topological polar surface area (TPSA) is 50.9 Å². The summed E-state index contributed by atoms with van der Waals surface area (Å²) in [6.45, 7) is -9.53. The highest BCUT2D eigenvalue weighted by Gasteiger charge is 2.28. The van der Waals surface area contributed by atoms with Gasteiger partial charge in [-0.05, 0) is 122 Å². The van der Waals surface area contributed by atoms with E-state index in [1.807, 2.05) is 60.6 Å². The number of phenolic OH excluding ortho intramolecular Hbond substituents is 1. The highest BCUT2D eigenvalue weighted by molar-refractivity contribution is 5.98. The molecular formula is C59H63N3O. The van der Waals surface area contributed by atoms with Gasteiger partial charge in [-0.2, -0.15) is 0 Å². The van der Waals surface area contributed by atoms with Crippen molar-refractivity contribution in [2.24, 2.45) is 0 Å². The second kappa shape index (κ2) is 15.8. The number of nitrogens with zero attached hydrogens (tertiary/aromatic N) is 3. The number of fused-ring (bicyclic) bond motifs is 1. The largest absolute Gasteiger partial charge is 0.507 e. The summed E-state index contributed by atoms with van der Waals surface area (Å²) in [5, 5.41) is 12.5. The second-order valence-electron chi connectivity index (χ2n) is 18.0. The Morgan fingerprint density at radius 2 is 1.25 bits per heavy atom. The standard InChI is InChI=1S/C59H63N3O/c1-37-30-48(54(63)49(31-37)59(11,12)13)55-61-53-46(20-17-21-52(53)62(55)51-27-26-44(57(5,6)7)36-47(51)39-18-15-14-16-19-39)41-32-42(34-45(33-41)58(8,9)10)50-35-40(28-29-60-50)38-22-24-43(25-23-38)56(2,3)4/h14-36,63H,1-13H3/i2D3,3D3,4D3,5D3,6D3,7D3,22D,23D,24D,25D,28D,29D,35D. The van der Waals surface area contributed by atoms with E-state index in [1.165, 1.54) is 18.2 Å². The number of para-hydroxylation sites is 1. The summed E-state index contributed by atoms with van der Waals surface area (Å²) >= 11 is 0. The van der Waals surface area contributed by atoms with Crippen molar-refractivity contribution in [2.75, 3.05) is 0 Å². The van der Waals surface area contributed by atoms with E-state index in [-0.39, 0.29) is 45.2 Å². The van der Waals surface area contributed by atoms with Crippen molar-refractivity contribution in [3.05, 3.63) is 167 Å². The molecule has 63 heavy (non-hydrogen) atoms. The van der Waals surface area contributed by atoms with Gasteiger partial charge >= 0.3 is 0 Å². The van der Waals surface area contributed by atoms with Gasteiger partial charge in [-0.1, -0.05) is 167 Å². The molecule has 320 valence electrons. The van der Waals surface area contributed by atoms with Crippen LogP contribution in [0.1, 0.15) is 145 Å². The van der Waals surface area contributed by atoms with Gasteiger partial charge < -0.3 is 5.11 Å². The van der Waals surface area contributed by atoms with E-state index in [4.69, 9.17) is 35.1 Å². The third-order valence-electron chi connectivity index (χ3n) is 11.0. The van der Waals surface area contributed by atoms with E-state index in [0.29, 0.717) is 33.3 Å². The lowest BCUT2D eigenvalue weighted by Crippen LogP contribution is -2.13. The zero-order valence-electron chi connectivity index (χ0n) is 61.0. The highest BCUT2D eigenvalue weighted by Crippen LogP contribution is 2.45. The van der Waals surface area contributed by atoms with Gasteiger partial charge in [0.05, 0.1) is 37.6 Å². The number of phenols is 1. The van der Waals surface area contributed by atoms with Crippen LogP contribution in [0.25, 0.3) is 72.7 Å². The summed E-state index contributed by atoms with van der Waals surface area (Å²) in [5.74, 6) is -0.0156. The van der Waals surface area contributed by atoms with Gasteiger partial charge in [0.2, 0.25) is 0 Å². The summed E-state index contributed by atoms with van der Waals surface area (Å²) in [6.07, 6.45) is -0.821. The molecule has 0 saturated heterocycles. The maximum Gasteiger partial charge on any atom is 0.149 e. The molecule has 0 amide bonds. The molecule has 8 aromatic rings. The van der Waals surface area contributed by atoms with Crippen LogP contribution >= 0.6 is 0 Å². The highest BCUT2D eigenvalue weighted by atomic mass is 16.3. The summed E-state index contributed by atoms with van der Waals surface area (Å²) in [5.41, 5.74) is -8.05. The molecule has 0 fully saturated rings. The van der Waals surface area contributed by atoms with E-state index in [0.717, 1.165) is 5.56 Å². The van der Waals surface area contributed by atoms with Crippen LogP contribution in [-0.2, 0) is 21.7 Å². The number of hydrogen-bond acceptors (Lipinski definition) is 3. The molecule has 8 rings (SSSR count). The maximum atomic E-state index is 12.5. The molecular weight excluding hydrogens is 767 g/mol. The van der Waals surface area contributed by atoms with Crippen molar-refractivity contribution in [3.8, 4) is 67.5 Å². The van der Waals surface area contributed by atoms with E-state index < -0.39 is 127 Å². The summed E-state index contributed by atoms with van der Waals surface area (Å²) in [7, 11) is 0. The Balaban J connectivity index is 1.49. The molecule has 0 aliphatic carbocycles. The van der Waals surface area contributed by atoms with Crippen molar-refractivity contribution in [2.45, 2.75) is 111 Å². The minimum absolute atomic E-state index is 0.117. The van der Waals surface area contributed by atoms with Crippen LogP contribution in [0.4, 0.5) is 0 Å². The number of aromatic nitrogens is 3. The average molecular weight is 855 g/mol. The van der Waals surface area contributed by atoms with Crippen molar-refractivity contribution in [1.82, 2.24) is 14.5 Å². The molecule has 4 nitrogen and oxygen atoms in total. The smallest absolute Gasteiger partial charge is 0.149 e. The molecule has 0 unspecified atom stereocenters. The summed E-state index contributed by atoms with van der Waals surface area (Å²) in [6, 6.07) is 19.4. The lowest BCUT2D eigenvalue weighted by molar-refractivity contribution is 0.448. The van der Waals surface area contributed by atoms with Crippen LogP contribution in [0.2, 0.25) is 0 Å². The molecule has 6 aromatic carbocycles. The fourth-order valence-electron chi connectivity index (χ4n) is 7.65. The molecule has 0 aliphatic heterocycles. The van der Waals surface area contributed by atoms with Crippen molar-refractivity contribution in [3.63, 3.8) is 0 Å². The molecule has 0 radical (unpaired) electrons. The van der Waals surface area contributed by atoms with Crippen molar-refractivity contribution in [1.29, 1.82) is 0 Å². The lowest BCUT2D eigenvalue weighted by atomic mass is 9.83. The monoisotopic (exact) mass is 855 g/mol. The average Bonchev–Trinajstić information content (AvgIpc) is 0.798. The molecule has 0 saturated carbocycles. The van der Waals surface area contributed by atoms with E-state index >= 15 is 0 Å². The van der Waals surface area contributed by atoms with Gasteiger partial charge in [-0.15, -0.1) is 0 Å². The Labute approximate surface area is 410 Å². The first-order valence-corrected chi connectivity index (χ1v) is 20.3. The first-order valence-electron chi connectivity index (χ1n) is 32.8. The van der Waals surface area contributed by atoms with Gasteiger partial charge in [-0.3, -0.25) is 9.55 Å². The van der Waals surface area contributed by atoms with Crippen LogP contribution in [0.15, 0.2) is 139 Å². The van der Waals surface area contributed by atoms with Gasteiger partial charge in [0.25, 0.3) is 0 Å². The van der Waals surface area contributed by atoms with Crippen molar-refractivity contribution < 1.29 is 39.4 Å². The van der Waals surface area contributed by atoms with Crippen LogP contribution in [0.3, 0.4) is 0 Å². The minimum Gasteiger partial charge on any atom is -0.507 e. The van der Waals surface area contributed by atoms with E-state index in [1.54, 1.807) is 71.3 Å². The van der Waals surface area contributed by atoms with E-state index in [2.05, 4.69) is 4.98 Å². The van der Waals surface area contributed by atoms with Crippen LogP contribution < -0.4 is 0 Å². The Morgan fingerprint density at radius 3 is 1.94 bits per heavy atom. The minimum atomic E-state index is -3.98. The number of aryl methyl sites for hydroxylation is 1. The Hall–Kier alpha value is -6.26. The van der Waals surface area contributed by atoms with E-state index in [9.17, 15) is 9.22 Å². The Kier molecular flexibility index (Phi) is 5.62. The molecule has 2 heterocycles. The van der Waals surface area contributed by atoms with Gasteiger partial charge in [-0.25, -0.2) is 4.98 Å². The third kappa shape index (κ3) is 8.61. The molecule has 0 spiro atoms. The lowest BCUT2D eigenvalue weighted by Gasteiger charge is -2.24.